The van der Waals surface area contributed by atoms with Gasteiger partial charge in [-0.05, 0) is 38.7 Å². The van der Waals surface area contributed by atoms with Crippen LogP contribution in [0.3, 0.4) is 0 Å². The molecular formula is C10H17NO2. The van der Waals surface area contributed by atoms with Crippen molar-refractivity contribution in [1.29, 1.82) is 0 Å². The summed E-state index contributed by atoms with van der Waals surface area (Å²) in [5, 5.41) is 9.60. The summed E-state index contributed by atoms with van der Waals surface area (Å²) in [5.41, 5.74) is 1.06. The topological polar surface area (TPSA) is 36.6 Å². The highest BCUT2D eigenvalue weighted by molar-refractivity contribution is 5.06. The summed E-state index contributed by atoms with van der Waals surface area (Å²) in [6, 6.07) is 1.89. The summed E-state index contributed by atoms with van der Waals surface area (Å²) < 4.78 is 4.92. The lowest BCUT2D eigenvalue weighted by Gasteiger charge is -2.13. The average molecular weight is 183 g/mol. The fourth-order valence-electron chi connectivity index (χ4n) is 1.19. The van der Waals surface area contributed by atoms with E-state index >= 15 is 0 Å². The van der Waals surface area contributed by atoms with Gasteiger partial charge in [0.1, 0.15) is 0 Å². The number of hydrogen-bond acceptors (Lipinski definition) is 3. The van der Waals surface area contributed by atoms with Gasteiger partial charge in [0.2, 0.25) is 0 Å². The third-order valence-electron chi connectivity index (χ3n) is 1.96. The van der Waals surface area contributed by atoms with Crippen molar-refractivity contribution in [2.24, 2.45) is 0 Å². The van der Waals surface area contributed by atoms with E-state index in [2.05, 4.69) is 4.90 Å². The van der Waals surface area contributed by atoms with Crippen molar-refractivity contribution in [1.82, 2.24) is 4.90 Å². The Morgan fingerprint density at radius 2 is 2.31 bits per heavy atom. The Balaban J connectivity index is 2.22. The maximum Gasteiger partial charge on any atom is 0.0935 e. The fraction of sp³-hybridized carbons (Fsp3) is 0.600. The number of hydrogen-bond donors (Lipinski definition) is 1. The quantitative estimate of drug-likeness (QED) is 0.743. The van der Waals surface area contributed by atoms with Gasteiger partial charge in [0.15, 0.2) is 0 Å². The van der Waals surface area contributed by atoms with Gasteiger partial charge in [0.05, 0.1) is 18.6 Å². The summed E-state index contributed by atoms with van der Waals surface area (Å²) >= 11 is 0. The second-order valence-electron chi connectivity index (χ2n) is 3.58. The molecule has 1 unspecified atom stereocenters. The van der Waals surface area contributed by atoms with Crippen molar-refractivity contribution < 1.29 is 9.52 Å². The molecule has 74 valence electrons. The van der Waals surface area contributed by atoms with Gasteiger partial charge < -0.3 is 14.4 Å². The van der Waals surface area contributed by atoms with Crippen molar-refractivity contribution in [3.63, 3.8) is 0 Å². The standard InChI is InChI=1S/C10H17NO2/c1-11(2)5-3-10(12)7-9-4-6-13-8-9/h4,6,8,10,12H,3,5,7H2,1-2H3. The zero-order valence-corrected chi connectivity index (χ0v) is 8.23. The average Bonchev–Trinajstić information content (AvgIpc) is 2.53. The van der Waals surface area contributed by atoms with E-state index in [0.29, 0.717) is 6.42 Å². The molecule has 1 heterocycles. The van der Waals surface area contributed by atoms with Crippen molar-refractivity contribution >= 4 is 0 Å². The molecule has 0 aliphatic rings. The Morgan fingerprint density at radius 3 is 2.85 bits per heavy atom. The van der Waals surface area contributed by atoms with Crippen LogP contribution in [0.25, 0.3) is 0 Å². The molecule has 1 N–H and O–H groups in total. The molecule has 0 saturated carbocycles. The minimum Gasteiger partial charge on any atom is -0.472 e. The maximum atomic E-state index is 9.60. The lowest BCUT2D eigenvalue weighted by Crippen LogP contribution is -2.20. The SMILES string of the molecule is CN(C)CCC(O)Cc1ccoc1. The fourth-order valence-corrected chi connectivity index (χ4v) is 1.19. The molecule has 0 saturated heterocycles. The van der Waals surface area contributed by atoms with Gasteiger partial charge in [0.25, 0.3) is 0 Å². The Kier molecular flexibility index (Phi) is 3.99. The first kappa shape index (κ1) is 10.3. The van der Waals surface area contributed by atoms with E-state index < -0.39 is 0 Å². The molecule has 3 heteroatoms. The predicted molar refractivity (Wildman–Crippen MR) is 51.6 cm³/mol. The number of aliphatic hydroxyl groups is 1. The maximum absolute atomic E-state index is 9.60. The van der Waals surface area contributed by atoms with E-state index in [4.69, 9.17) is 4.42 Å². The van der Waals surface area contributed by atoms with Crippen LogP contribution < -0.4 is 0 Å². The molecule has 0 fully saturated rings. The van der Waals surface area contributed by atoms with Crippen LogP contribution in [0.4, 0.5) is 0 Å². The normalized spacial score (nSPS) is 13.5. The van der Waals surface area contributed by atoms with Crippen LogP contribution in [0.1, 0.15) is 12.0 Å². The van der Waals surface area contributed by atoms with Gasteiger partial charge in [0, 0.05) is 6.42 Å². The van der Waals surface area contributed by atoms with Gasteiger partial charge in [-0.1, -0.05) is 0 Å². The first-order valence-corrected chi connectivity index (χ1v) is 4.52. The molecule has 0 bridgehead atoms. The van der Waals surface area contributed by atoms with Crippen LogP contribution in [0.5, 0.6) is 0 Å². The second kappa shape index (κ2) is 5.04. The number of aliphatic hydroxyl groups excluding tert-OH is 1. The molecule has 0 spiro atoms. The minimum atomic E-state index is -0.264. The molecule has 0 amide bonds. The van der Waals surface area contributed by atoms with Crippen molar-refractivity contribution in [2.75, 3.05) is 20.6 Å². The third-order valence-corrected chi connectivity index (χ3v) is 1.96. The Morgan fingerprint density at radius 1 is 1.54 bits per heavy atom. The van der Waals surface area contributed by atoms with Crippen molar-refractivity contribution in [2.45, 2.75) is 18.9 Å². The summed E-state index contributed by atoms with van der Waals surface area (Å²) in [5.74, 6) is 0. The van der Waals surface area contributed by atoms with Crippen molar-refractivity contribution in [3.8, 4) is 0 Å². The molecule has 0 radical (unpaired) electrons. The highest BCUT2D eigenvalue weighted by Gasteiger charge is 2.06. The molecule has 0 aromatic carbocycles. The largest absolute Gasteiger partial charge is 0.472 e. The van der Waals surface area contributed by atoms with Gasteiger partial charge >= 0.3 is 0 Å². The molecule has 13 heavy (non-hydrogen) atoms. The van der Waals surface area contributed by atoms with Crippen molar-refractivity contribution in [3.05, 3.63) is 24.2 Å². The number of furan rings is 1. The Hall–Kier alpha value is -0.800. The van der Waals surface area contributed by atoms with E-state index in [9.17, 15) is 5.11 Å². The summed E-state index contributed by atoms with van der Waals surface area (Å²) in [6.45, 7) is 0.916. The zero-order chi connectivity index (χ0) is 9.68. The third kappa shape index (κ3) is 4.10. The van der Waals surface area contributed by atoms with Gasteiger partial charge in [-0.2, -0.15) is 0 Å². The first-order valence-electron chi connectivity index (χ1n) is 4.52. The molecule has 3 nitrogen and oxygen atoms in total. The zero-order valence-electron chi connectivity index (χ0n) is 8.23. The monoisotopic (exact) mass is 183 g/mol. The summed E-state index contributed by atoms with van der Waals surface area (Å²) in [7, 11) is 4.01. The molecular weight excluding hydrogens is 166 g/mol. The highest BCUT2D eigenvalue weighted by atomic mass is 16.3. The van der Waals surface area contributed by atoms with E-state index in [1.54, 1.807) is 12.5 Å². The Bertz CT molecular complexity index is 219. The molecule has 1 rings (SSSR count). The number of rotatable bonds is 5. The van der Waals surface area contributed by atoms with E-state index in [1.165, 1.54) is 0 Å². The van der Waals surface area contributed by atoms with Crippen LogP contribution in [0.15, 0.2) is 23.0 Å². The van der Waals surface area contributed by atoms with Crippen LogP contribution in [0.2, 0.25) is 0 Å². The first-order chi connectivity index (χ1) is 6.18. The molecule has 1 aromatic heterocycles. The summed E-state index contributed by atoms with van der Waals surface area (Å²) in [4.78, 5) is 2.07. The highest BCUT2D eigenvalue weighted by Crippen LogP contribution is 2.06. The van der Waals surface area contributed by atoms with Gasteiger partial charge in [-0.25, -0.2) is 0 Å². The van der Waals surface area contributed by atoms with Crippen LogP contribution in [-0.2, 0) is 6.42 Å². The second-order valence-corrected chi connectivity index (χ2v) is 3.58. The Labute approximate surface area is 79.0 Å². The number of nitrogens with zero attached hydrogens (tertiary/aromatic N) is 1. The van der Waals surface area contributed by atoms with Gasteiger partial charge in [-0.15, -0.1) is 0 Å². The molecule has 1 atom stereocenters. The smallest absolute Gasteiger partial charge is 0.0935 e. The predicted octanol–water partition coefficient (Wildman–Crippen LogP) is 1.13. The van der Waals surface area contributed by atoms with Crippen LogP contribution in [-0.4, -0.2) is 36.8 Å². The molecule has 0 aliphatic heterocycles. The lowest BCUT2D eigenvalue weighted by atomic mass is 10.1. The van der Waals surface area contributed by atoms with E-state index in [0.717, 1.165) is 18.5 Å². The van der Waals surface area contributed by atoms with E-state index in [1.807, 2.05) is 20.2 Å². The van der Waals surface area contributed by atoms with Gasteiger partial charge in [-0.3, -0.25) is 0 Å². The van der Waals surface area contributed by atoms with Crippen LogP contribution in [0, 0.1) is 0 Å². The minimum absolute atomic E-state index is 0.264. The lowest BCUT2D eigenvalue weighted by molar-refractivity contribution is 0.152. The van der Waals surface area contributed by atoms with Crippen LogP contribution >= 0.6 is 0 Å². The van der Waals surface area contributed by atoms with E-state index in [-0.39, 0.29) is 6.10 Å². The summed E-state index contributed by atoms with van der Waals surface area (Å²) in [6.07, 6.45) is 4.54. The molecule has 1 aromatic rings. The molecule has 0 aliphatic carbocycles.